The lowest BCUT2D eigenvalue weighted by molar-refractivity contribution is -0.120. The average Bonchev–Trinajstić information content (AvgIpc) is 2.66. The molecule has 0 atom stereocenters. The summed E-state index contributed by atoms with van der Waals surface area (Å²) in [4.78, 5) is 48.1. The van der Waals surface area contributed by atoms with Crippen molar-refractivity contribution < 1.29 is 23.9 Å². The largest absolute Gasteiger partial charge is 0.465 e. The van der Waals surface area contributed by atoms with Gasteiger partial charge < -0.3 is 20.3 Å². The van der Waals surface area contributed by atoms with Crippen LogP contribution in [0.4, 0.5) is 17.1 Å². The standard InChI is InChI=1S/C20H21N3O5/c1-13(24)21-16-6-8-17(9-7-16)22-19(26)12-23(14(2)25)18-10-4-15(5-11-18)20(27)28-3/h4-11H,12H2,1-3H3,(H,21,24)(H,22,26). The molecular formula is C20H21N3O5. The maximum atomic E-state index is 12.3. The number of nitrogens with zero attached hydrogens (tertiary/aromatic N) is 1. The normalized spacial score (nSPS) is 9.96. The molecule has 0 aliphatic carbocycles. The predicted octanol–water partition coefficient (Wildman–Crippen LogP) is 2.42. The summed E-state index contributed by atoms with van der Waals surface area (Å²) >= 11 is 0. The van der Waals surface area contributed by atoms with E-state index in [2.05, 4.69) is 15.4 Å². The summed E-state index contributed by atoms with van der Waals surface area (Å²) in [6, 6.07) is 12.8. The number of methoxy groups -OCH3 is 1. The third kappa shape index (κ3) is 5.66. The SMILES string of the molecule is COC(=O)c1ccc(N(CC(=O)Nc2ccc(NC(C)=O)cc2)C(C)=O)cc1. The van der Waals surface area contributed by atoms with Crippen molar-refractivity contribution in [2.75, 3.05) is 29.2 Å². The number of benzene rings is 2. The fourth-order valence-corrected chi connectivity index (χ4v) is 2.46. The molecule has 8 heteroatoms. The molecule has 146 valence electrons. The van der Waals surface area contributed by atoms with Crippen molar-refractivity contribution in [3.8, 4) is 0 Å². The van der Waals surface area contributed by atoms with Crippen LogP contribution in [-0.2, 0) is 19.1 Å². The van der Waals surface area contributed by atoms with Crippen LogP contribution in [0, 0.1) is 0 Å². The van der Waals surface area contributed by atoms with Gasteiger partial charge in [0.25, 0.3) is 0 Å². The van der Waals surface area contributed by atoms with Crippen molar-refractivity contribution in [1.29, 1.82) is 0 Å². The number of amides is 3. The molecule has 0 spiro atoms. The summed E-state index contributed by atoms with van der Waals surface area (Å²) in [5.41, 5.74) is 1.97. The van der Waals surface area contributed by atoms with E-state index in [0.29, 0.717) is 22.6 Å². The lowest BCUT2D eigenvalue weighted by Gasteiger charge is -2.21. The quantitative estimate of drug-likeness (QED) is 0.746. The molecule has 0 saturated carbocycles. The van der Waals surface area contributed by atoms with E-state index in [1.807, 2.05) is 0 Å². The first-order valence-electron chi connectivity index (χ1n) is 8.44. The monoisotopic (exact) mass is 383 g/mol. The summed E-state index contributed by atoms with van der Waals surface area (Å²) in [5.74, 6) is -1.38. The first-order valence-corrected chi connectivity index (χ1v) is 8.44. The van der Waals surface area contributed by atoms with Crippen LogP contribution in [0.5, 0.6) is 0 Å². The molecule has 0 bridgehead atoms. The molecule has 8 nitrogen and oxygen atoms in total. The minimum absolute atomic E-state index is 0.188. The van der Waals surface area contributed by atoms with E-state index in [9.17, 15) is 19.2 Å². The van der Waals surface area contributed by atoms with Gasteiger partial charge in [-0.25, -0.2) is 4.79 Å². The zero-order chi connectivity index (χ0) is 20.7. The molecule has 2 aromatic carbocycles. The second-order valence-corrected chi connectivity index (χ2v) is 5.95. The number of rotatable bonds is 6. The average molecular weight is 383 g/mol. The molecule has 0 aliphatic rings. The highest BCUT2D eigenvalue weighted by molar-refractivity contribution is 6.02. The minimum Gasteiger partial charge on any atom is -0.465 e. The molecular weight excluding hydrogens is 362 g/mol. The summed E-state index contributed by atoms with van der Waals surface area (Å²) in [5, 5.41) is 5.33. The summed E-state index contributed by atoms with van der Waals surface area (Å²) in [6.45, 7) is 2.56. The highest BCUT2D eigenvalue weighted by atomic mass is 16.5. The fraction of sp³-hybridized carbons (Fsp3) is 0.200. The van der Waals surface area contributed by atoms with Crippen molar-refractivity contribution in [3.63, 3.8) is 0 Å². The first kappa shape index (κ1) is 20.6. The van der Waals surface area contributed by atoms with E-state index in [-0.39, 0.29) is 24.3 Å². The van der Waals surface area contributed by atoms with Gasteiger partial charge in [-0.2, -0.15) is 0 Å². The van der Waals surface area contributed by atoms with Crippen LogP contribution in [0.3, 0.4) is 0 Å². The van der Waals surface area contributed by atoms with Crippen molar-refractivity contribution in [3.05, 3.63) is 54.1 Å². The third-order valence-corrected chi connectivity index (χ3v) is 3.77. The molecule has 0 saturated heterocycles. The number of nitrogens with one attached hydrogen (secondary N) is 2. The van der Waals surface area contributed by atoms with Crippen LogP contribution >= 0.6 is 0 Å². The number of carbonyl (C=O) groups is 4. The molecule has 28 heavy (non-hydrogen) atoms. The predicted molar refractivity (Wildman–Crippen MR) is 105 cm³/mol. The molecule has 2 N–H and O–H groups in total. The Morgan fingerprint density at radius 3 is 1.86 bits per heavy atom. The topological polar surface area (TPSA) is 105 Å². The Morgan fingerprint density at radius 1 is 0.857 bits per heavy atom. The highest BCUT2D eigenvalue weighted by Gasteiger charge is 2.17. The van der Waals surface area contributed by atoms with Crippen LogP contribution in [-0.4, -0.2) is 37.3 Å². The highest BCUT2D eigenvalue weighted by Crippen LogP contribution is 2.17. The molecule has 0 unspecified atom stereocenters. The molecule has 0 aromatic heterocycles. The number of hydrogen-bond acceptors (Lipinski definition) is 5. The summed E-state index contributed by atoms with van der Waals surface area (Å²) in [7, 11) is 1.28. The van der Waals surface area contributed by atoms with Crippen molar-refractivity contribution in [2.45, 2.75) is 13.8 Å². The second-order valence-electron chi connectivity index (χ2n) is 5.95. The molecule has 2 rings (SSSR count). The molecule has 0 radical (unpaired) electrons. The molecule has 2 aromatic rings. The van der Waals surface area contributed by atoms with Crippen molar-refractivity contribution in [2.24, 2.45) is 0 Å². The lowest BCUT2D eigenvalue weighted by atomic mass is 10.2. The van der Waals surface area contributed by atoms with E-state index in [1.165, 1.54) is 38.0 Å². The van der Waals surface area contributed by atoms with Gasteiger partial charge in [0.2, 0.25) is 17.7 Å². The van der Waals surface area contributed by atoms with Gasteiger partial charge in [-0.1, -0.05) is 0 Å². The maximum absolute atomic E-state index is 12.3. The van der Waals surface area contributed by atoms with Gasteiger partial charge >= 0.3 is 5.97 Å². The fourth-order valence-electron chi connectivity index (χ4n) is 2.46. The van der Waals surface area contributed by atoms with Gasteiger partial charge in [-0.15, -0.1) is 0 Å². The summed E-state index contributed by atoms with van der Waals surface area (Å²) in [6.07, 6.45) is 0. The Balaban J connectivity index is 2.05. The van der Waals surface area contributed by atoms with Crippen molar-refractivity contribution >= 4 is 40.8 Å². The van der Waals surface area contributed by atoms with Crippen LogP contribution in [0.1, 0.15) is 24.2 Å². The Hall–Kier alpha value is -3.68. The van der Waals surface area contributed by atoms with E-state index in [0.717, 1.165) is 0 Å². The number of carbonyl (C=O) groups excluding carboxylic acids is 4. The minimum atomic E-state index is -0.485. The van der Waals surface area contributed by atoms with E-state index in [1.54, 1.807) is 36.4 Å². The van der Waals surface area contributed by atoms with Crippen LogP contribution in [0.2, 0.25) is 0 Å². The van der Waals surface area contributed by atoms with Gasteiger partial charge in [0.15, 0.2) is 0 Å². The lowest BCUT2D eigenvalue weighted by Crippen LogP contribution is -2.36. The van der Waals surface area contributed by atoms with Crippen LogP contribution in [0.15, 0.2) is 48.5 Å². The van der Waals surface area contributed by atoms with Gasteiger partial charge in [0, 0.05) is 30.9 Å². The Morgan fingerprint density at radius 2 is 1.39 bits per heavy atom. The van der Waals surface area contributed by atoms with E-state index < -0.39 is 5.97 Å². The Bertz CT molecular complexity index is 876. The molecule has 3 amide bonds. The Labute approximate surface area is 162 Å². The Kier molecular flexibility index (Phi) is 6.86. The number of anilines is 3. The maximum Gasteiger partial charge on any atom is 0.337 e. The third-order valence-electron chi connectivity index (χ3n) is 3.77. The molecule has 0 heterocycles. The van der Waals surface area contributed by atoms with Crippen LogP contribution < -0.4 is 15.5 Å². The number of ether oxygens (including phenoxy) is 1. The van der Waals surface area contributed by atoms with Gasteiger partial charge in [0.05, 0.1) is 12.7 Å². The van der Waals surface area contributed by atoms with Gasteiger partial charge in [0.1, 0.15) is 6.54 Å². The first-order chi connectivity index (χ1) is 13.3. The zero-order valence-corrected chi connectivity index (χ0v) is 15.8. The second kappa shape index (κ2) is 9.31. The van der Waals surface area contributed by atoms with E-state index in [4.69, 9.17) is 0 Å². The molecule has 0 fully saturated rings. The van der Waals surface area contributed by atoms with Gasteiger partial charge in [-0.05, 0) is 48.5 Å². The van der Waals surface area contributed by atoms with Gasteiger partial charge in [-0.3, -0.25) is 14.4 Å². The number of esters is 1. The smallest absolute Gasteiger partial charge is 0.337 e. The number of hydrogen-bond donors (Lipinski definition) is 2. The zero-order valence-electron chi connectivity index (χ0n) is 15.8. The summed E-state index contributed by atoms with van der Waals surface area (Å²) < 4.78 is 4.64. The van der Waals surface area contributed by atoms with E-state index >= 15 is 0 Å². The van der Waals surface area contributed by atoms with Crippen molar-refractivity contribution in [1.82, 2.24) is 0 Å². The molecule has 0 aliphatic heterocycles. The van der Waals surface area contributed by atoms with Crippen LogP contribution in [0.25, 0.3) is 0 Å².